The highest BCUT2D eigenvalue weighted by atomic mass is 19.1. The molecule has 3 heterocycles. The first-order chi connectivity index (χ1) is 15.9. The molecule has 1 amide bonds. The maximum atomic E-state index is 15.0. The Bertz CT molecular complexity index is 1290. The second-order valence-corrected chi connectivity index (χ2v) is 7.92. The molecule has 7 nitrogen and oxygen atoms in total. The number of aryl methyl sites for hydroxylation is 1. The van der Waals surface area contributed by atoms with Crippen molar-refractivity contribution in [2.24, 2.45) is 0 Å². The number of pyridine rings is 2. The average Bonchev–Trinajstić information content (AvgIpc) is 2.83. The van der Waals surface area contributed by atoms with Crippen molar-refractivity contribution in [3.63, 3.8) is 0 Å². The van der Waals surface area contributed by atoms with E-state index in [2.05, 4.69) is 4.98 Å². The number of amides is 1. The molecule has 0 radical (unpaired) electrons. The lowest BCUT2D eigenvalue weighted by molar-refractivity contribution is -0.129. The van der Waals surface area contributed by atoms with E-state index in [1.807, 2.05) is 37.3 Å². The molecule has 1 aliphatic heterocycles. The summed E-state index contributed by atoms with van der Waals surface area (Å²) in [5.74, 6) is -0.934. The second kappa shape index (κ2) is 9.36. The van der Waals surface area contributed by atoms with Gasteiger partial charge in [0.05, 0.1) is 10.9 Å². The van der Waals surface area contributed by atoms with Crippen molar-refractivity contribution in [2.75, 3.05) is 31.1 Å². The number of anilines is 1. The van der Waals surface area contributed by atoms with Crippen LogP contribution >= 0.6 is 0 Å². The highest BCUT2D eigenvalue weighted by Gasteiger charge is 2.24. The summed E-state index contributed by atoms with van der Waals surface area (Å²) in [5, 5.41) is 0.0689. The maximum Gasteiger partial charge on any atom is 0.219 e. The molecule has 0 N–H and O–H groups in total. The molecule has 2 aromatic heterocycles. The Balaban J connectivity index is 1.70. The summed E-state index contributed by atoms with van der Waals surface area (Å²) in [5.41, 5.74) is 0.596. The number of hydrogen-bond donors (Lipinski definition) is 0. The van der Waals surface area contributed by atoms with E-state index in [0.29, 0.717) is 38.4 Å². The molecule has 3 aromatic rings. The van der Waals surface area contributed by atoms with E-state index >= 15 is 4.39 Å². The lowest BCUT2D eigenvalue weighted by Crippen LogP contribution is -2.48. The molecule has 0 unspecified atom stereocenters. The van der Waals surface area contributed by atoms with Gasteiger partial charge < -0.3 is 14.4 Å². The van der Waals surface area contributed by atoms with Crippen LogP contribution < -0.4 is 10.3 Å². The molecular weight excluding hydrogens is 423 g/mol. The zero-order chi connectivity index (χ0) is 23.5. The Kier molecular flexibility index (Phi) is 6.35. The molecule has 1 aromatic carbocycles. The summed E-state index contributed by atoms with van der Waals surface area (Å²) in [6.07, 6.45) is 4.49. The molecule has 0 aliphatic carbocycles. The number of hydrogen-bond acceptors (Lipinski definition) is 5. The van der Waals surface area contributed by atoms with Crippen LogP contribution in [0, 0.1) is 5.82 Å². The number of piperazine rings is 1. The zero-order valence-corrected chi connectivity index (χ0v) is 18.6. The lowest BCUT2D eigenvalue weighted by atomic mass is 10.1. The van der Waals surface area contributed by atoms with Crippen LogP contribution in [0.3, 0.4) is 0 Å². The molecule has 8 heteroatoms. The summed E-state index contributed by atoms with van der Waals surface area (Å²) in [6, 6.07) is 10.5. The normalized spacial score (nSPS) is 14.3. The van der Waals surface area contributed by atoms with E-state index in [-0.39, 0.29) is 22.7 Å². The predicted octanol–water partition coefficient (Wildman–Crippen LogP) is 3.12. The van der Waals surface area contributed by atoms with Gasteiger partial charge in [-0.1, -0.05) is 36.4 Å². The summed E-state index contributed by atoms with van der Waals surface area (Å²) >= 11 is 0. The van der Waals surface area contributed by atoms with Crippen molar-refractivity contribution in [1.82, 2.24) is 14.5 Å². The van der Waals surface area contributed by atoms with Gasteiger partial charge in [0.1, 0.15) is 5.65 Å². The van der Waals surface area contributed by atoms with Crippen molar-refractivity contribution in [2.45, 2.75) is 20.4 Å². The first-order valence-electron chi connectivity index (χ1n) is 10.9. The van der Waals surface area contributed by atoms with Crippen molar-refractivity contribution >= 4 is 34.6 Å². The summed E-state index contributed by atoms with van der Waals surface area (Å²) in [7, 11) is 0. The topological polar surface area (TPSA) is 75.5 Å². The van der Waals surface area contributed by atoms with Gasteiger partial charge in [0.15, 0.2) is 17.4 Å². The molecule has 1 fully saturated rings. The number of carbonyl (C=O) groups excluding carboxylic acids is 2. The van der Waals surface area contributed by atoms with Gasteiger partial charge in [-0.15, -0.1) is 0 Å². The number of allylic oxidation sites excluding steroid dienone is 1. The molecule has 1 aliphatic rings. The second-order valence-electron chi connectivity index (χ2n) is 7.92. The van der Waals surface area contributed by atoms with E-state index < -0.39 is 17.0 Å². The highest BCUT2D eigenvalue weighted by Crippen LogP contribution is 2.23. The summed E-state index contributed by atoms with van der Waals surface area (Å²) < 4.78 is 16.7. The van der Waals surface area contributed by atoms with Crippen LogP contribution in [0.25, 0.3) is 17.1 Å². The van der Waals surface area contributed by atoms with E-state index in [9.17, 15) is 14.4 Å². The molecule has 0 spiro atoms. The van der Waals surface area contributed by atoms with Crippen molar-refractivity contribution in [1.29, 1.82) is 0 Å². The first kappa shape index (κ1) is 22.4. The van der Waals surface area contributed by atoms with Crippen LogP contribution in [0.1, 0.15) is 29.8 Å². The third-order valence-corrected chi connectivity index (χ3v) is 5.84. The maximum absolute atomic E-state index is 15.0. The molecule has 1 saturated heterocycles. The fourth-order valence-corrected chi connectivity index (χ4v) is 3.97. The van der Waals surface area contributed by atoms with Gasteiger partial charge in [-0.3, -0.25) is 14.4 Å². The van der Waals surface area contributed by atoms with Gasteiger partial charge in [0.25, 0.3) is 0 Å². The van der Waals surface area contributed by atoms with Crippen molar-refractivity contribution in [3.8, 4) is 0 Å². The molecule has 170 valence electrons. The Morgan fingerprint density at radius 3 is 2.45 bits per heavy atom. The van der Waals surface area contributed by atoms with Gasteiger partial charge in [0, 0.05) is 45.8 Å². The van der Waals surface area contributed by atoms with Crippen LogP contribution in [-0.2, 0) is 11.3 Å². The molecule has 0 saturated carbocycles. The van der Waals surface area contributed by atoms with Crippen LogP contribution in [0.4, 0.5) is 10.2 Å². The molecule has 4 rings (SSSR count). The fraction of sp³-hybridized carbons (Fsp3) is 0.280. The van der Waals surface area contributed by atoms with Crippen LogP contribution in [0.2, 0.25) is 0 Å². The number of aromatic nitrogens is 2. The van der Waals surface area contributed by atoms with Gasteiger partial charge in [-0.25, -0.2) is 9.37 Å². The SMILES string of the molecule is CCn1cc(C(=O)C=Cc2ccccc2)c(=O)c2cc(F)c(N3CCN(C(C)=O)CC3)nc21. The third kappa shape index (κ3) is 4.55. The van der Waals surface area contributed by atoms with Gasteiger partial charge in [-0.05, 0) is 24.6 Å². The van der Waals surface area contributed by atoms with Gasteiger partial charge in [-0.2, -0.15) is 0 Å². The summed E-state index contributed by atoms with van der Waals surface area (Å²) in [4.78, 5) is 45.4. The Labute approximate surface area is 190 Å². The summed E-state index contributed by atoms with van der Waals surface area (Å²) in [6.45, 7) is 5.70. The minimum atomic E-state index is -0.622. The van der Waals surface area contributed by atoms with E-state index in [4.69, 9.17) is 0 Å². The minimum Gasteiger partial charge on any atom is -0.351 e. The van der Waals surface area contributed by atoms with Crippen molar-refractivity contribution in [3.05, 3.63) is 75.8 Å². The average molecular weight is 448 g/mol. The number of fused-ring (bicyclic) bond motifs is 1. The van der Waals surface area contributed by atoms with Crippen LogP contribution in [-0.4, -0.2) is 52.3 Å². The standard InChI is InChI=1S/C25H25FN4O3/c1-3-28-16-20(22(32)10-9-18-7-5-4-6-8-18)23(33)19-15-21(26)25(27-24(19)28)30-13-11-29(12-14-30)17(2)31/h4-10,15-16H,3,11-14H2,1-2H3. The van der Waals surface area contributed by atoms with E-state index in [1.165, 1.54) is 25.3 Å². The first-order valence-corrected chi connectivity index (χ1v) is 10.9. The number of carbonyl (C=O) groups is 2. The molecule has 0 atom stereocenters. The number of benzene rings is 1. The zero-order valence-electron chi connectivity index (χ0n) is 18.6. The fourth-order valence-electron chi connectivity index (χ4n) is 3.97. The van der Waals surface area contributed by atoms with Crippen molar-refractivity contribution < 1.29 is 14.0 Å². The third-order valence-electron chi connectivity index (χ3n) is 5.84. The molecular formula is C25H25FN4O3. The Hall–Kier alpha value is -3.81. The van der Waals surface area contributed by atoms with E-state index in [0.717, 1.165) is 5.56 Å². The quantitative estimate of drug-likeness (QED) is 0.443. The van der Waals surface area contributed by atoms with E-state index in [1.54, 1.807) is 20.4 Å². The van der Waals surface area contributed by atoms with Gasteiger partial charge >= 0.3 is 0 Å². The molecule has 33 heavy (non-hydrogen) atoms. The Morgan fingerprint density at radius 2 is 1.82 bits per heavy atom. The number of nitrogens with zero attached hydrogens (tertiary/aromatic N) is 4. The number of rotatable bonds is 5. The number of ketones is 1. The monoisotopic (exact) mass is 448 g/mol. The van der Waals surface area contributed by atoms with Gasteiger partial charge in [0.2, 0.25) is 11.3 Å². The predicted molar refractivity (Wildman–Crippen MR) is 126 cm³/mol. The van der Waals surface area contributed by atoms with Crippen LogP contribution in [0.15, 0.2) is 53.5 Å². The highest BCUT2D eigenvalue weighted by molar-refractivity contribution is 6.08. The smallest absolute Gasteiger partial charge is 0.219 e. The van der Waals surface area contributed by atoms with Crippen LogP contribution in [0.5, 0.6) is 0 Å². The Morgan fingerprint density at radius 1 is 1.12 bits per heavy atom. The minimum absolute atomic E-state index is 0.0140. The number of halogens is 1. The largest absolute Gasteiger partial charge is 0.351 e. The lowest BCUT2D eigenvalue weighted by Gasteiger charge is -2.35. The molecule has 0 bridgehead atoms.